The number of ether oxygens (including phenoxy) is 1. The molecule has 1 saturated carbocycles. The smallest absolute Gasteiger partial charge is 0.350 e. The lowest BCUT2D eigenvalue weighted by molar-refractivity contribution is -0.386. The lowest BCUT2D eigenvalue weighted by Crippen LogP contribution is -2.42. The van der Waals surface area contributed by atoms with Crippen LogP contribution in [0.4, 0.5) is 5.69 Å². The van der Waals surface area contributed by atoms with Gasteiger partial charge in [-0.15, -0.1) is 5.10 Å². The third-order valence-corrected chi connectivity index (χ3v) is 3.07. The first kappa shape index (κ1) is 11.8. The van der Waals surface area contributed by atoms with Gasteiger partial charge in [0, 0.05) is 7.05 Å². The van der Waals surface area contributed by atoms with Crippen molar-refractivity contribution < 1.29 is 9.66 Å². The Bertz CT molecular complexity index is 423. The lowest BCUT2D eigenvalue weighted by atomic mass is 10.0. The van der Waals surface area contributed by atoms with E-state index in [4.69, 9.17) is 10.5 Å². The third kappa shape index (κ3) is 2.55. The molecule has 0 radical (unpaired) electrons. The number of aromatic nitrogens is 2. The summed E-state index contributed by atoms with van der Waals surface area (Å²) in [5.74, 6) is 0.0502. The van der Waals surface area contributed by atoms with Crippen LogP contribution in [0.5, 0.6) is 5.88 Å². The van der Waals surface area contributed by atoms with Crippen molar-refractivity contribution in [3.63, 3.8) is 0 Å². The fraction of sp³-hybridized carbons (Fsp3) is 0.700. The fourth-order valence-corrected chi connectivity index (χ4v) is 2.12. The van der Waals surface area contributed by atoms with Gasteiger partial charge in [0.15, 0.2) is 0 Å². The van der Waals surface area contributed by atoms with Crippen molar-refractivity contribution >= 4 is 5.69 Å². The highest BCUT2D eigenvalue weighted by Crippen LogP contribution is 2.30. The van der Waals surface area contributed by atoms with Crippen LogP contribution < -0.4 is 10.5 Å². The Morgan fingerprint density at radius 1 is 1.65 bits per heavy atom. The molecule has 0 aromatic carbocycles. The number of nitrogens with two attached hydrogens (primary N) is 1. The van der Waals surface area contributed by atoms with Crippen LogP contribution in [0.3, 0.4) is 0 Å². The first-order valence-electron chi connectivity index (χ1n) is 5.60. The SMILES string of the molecule is Cn1cc([N+](=O)[O-])c(OCC2(N)CCCC2)n1. The molecule has 7 heteroatoms. The molecule has 0 spiro atoms. The van der Waals surface area contributed by atoms with Crippen molar-refractivity contribution in [2.75, 3.05) is 6.61 Å². The largest absolute Gasteiger partial charge is 0.470 e. The predicted molar refractivity (Wildman–Crippen MR) is 60.7 cm³/mol. The molecular weight excluding hydrogens is 224 g/mol. The zero-order chi connectivity index (χ0) is 12.5. The van der Waals surface area contributed by atoms with Gasteiger partial charge in [0.25, 0.3) is 0 Å². The molecule has 0 amide bonds. The second-order valence-corrected chi connectivity index (χ2v) is 4.61. The maximum atomic E-state index is 10.8. The predicted octanol–water partition coefficient (Wildman–Crippen LogP) is 0.979. The minimum atomic E-state index is -0.500. The molecule has 0 atom stereocenters. The molecule has 17 heavy (non-hydrogen) atoms. The maximum Gasteiger partial charge on any atom is 0.350 e. The van der Waals surface area contributed by atoms with Crippen LogP contribution in [-0.2, 0) is 7.05 Å². The highest BCUT2D eigenvalue weighted by atomic mass is 16.6. The Balaban J connectivity index is 2.05. The number of hydrogen-bond donors (Lipinski definition) is 1. The van der Waals surface area contributed by atoms with E-state index in [0.29, 0.717) is 0 Å². The van der Waals surface area contributed by atoms with Crippen LogP contribution in [0.15, 0.2) is 6.20 Å². The first-order valence-corrected chi connectivity index (χ1v) is 5.60. The molecule has 7 nitrogen and oxygen atoms in total. The topological polar surface area (TPSA) is 96.2 Å². The van der Waals surface area contributed by atoms with E-state index in [1.807, 2.05) is 0 Å². The van der Waals surface area contributed by atoms with Gasteiger partial charge in [-0.3, -0.25) is 14.8 Å². The van der Waals surface area contributed by atoms with Gasteiger partial charge >= 0.3 is 11.6 Å². The molecule has 2 rings (SSSR count). The van der Waals surface area contributed by atoms with Crippen molar-refractivity contribution in [2.24, 2.45) is 12.8 Å². The summed E-state index contributed by atoms with van der Waals surface area (Å²) in [6, 6.07) is 0. The molecule has 0 bridgehead atoms. The van der Waals surface area contributed by atoms with Gasteiger partial charge in [-0.25, -0.2) is 0 Å². The van der Waals surface area contributed by atoms with Crippen LogP contribution >= 0.6 is 0 Å². The van der Waals surface area contributed by atoms with E-state index in [9.17, 15) is 10.1 Å². The van der Waals surface area contributed by atoms with Crippen molar-refractivity contribution in [1.82, 2.24) is 9.78 Å². The standard InChI is InChI=1S/C10H16N4O3/c1-13-6-8(14(15)16)9(12-13)17-7-10(11)4-2-3-5-10/h6H,2-5,7,11H2,1H3. The highest BCUT2D eigenvalue weighted by Gasteiger charge is 2.31. The molecule has 1 heterocycles. The third-order valence-electron chi connectivity index (χ3n) is 3.07. The fourth-order valence-electron chi connectivity index (χ4n) is 2.12. The van der Waals surface area contributed by atoms with E-state index in [2.05, 4.69) is 5.10 Å². The lowest BCUT2D eigenvalue weighted by Gasteiger charge is -2.22. The number of nitrogens with zero attached hydrogens (tertiary/aromatic N) is 3. The van der Waals surface area contributed by atoms with Crippen LogP contribution in [0.1, 0.15) is 25.7 Å². The average Bonchev–Trinajstić information content (AvgIpc) is 2.83. The van der Waals surface area contributed by atoms with Gasteiger partial charge in [-0.2, -0.15) is 0 Å². The Labute approximate surface area is 98.7 Å². The van der Waals surface area contributed by atoms with Crippen molar-refractivity contribution in [3.8, 4) is 5.88 Å². The number of hydrogen-bond acceptors (Lipinski definition) is 5. The Morgan fingerprint density at radius 2 is 2.29 bits per heavy atom. The summed E-state index contributed by atoms with van der Waals surface area (Å²) in [5.41, 5.74) is 5.64. The number of nitro groups is 1. The zero-order valence-electron chi connectivity index (χ0n) is 9.76. The van der Waals surface area contributed by atoms with Gasteiger partial charge < -0.3 is 10.5 Å². The molecule has 94 valence electrons. The number of aryl methyl sites for hydroxylation is 1. The van der Waals surface area contributed by atoms with Crippen LogP contribution in [0, 0.1) is 10.1 Å². The molecule has 1 aliphatic carbocycles. The summed E-state index contributed by atoms with van der Waals surface area (Å²) in [5, 5.41) is 14.7. The summed E-state index contributed by atoms with van der Waals surface area (Å²) < 4.78 is 6.77. The molecule has 1 aromatic rings. The summed E-state index contributed by atoms with van der Waals surface area (Å²) in [4.78, 5) is 10.3. The molecule has 0 unspecified atom stereocenters. The zero-order valence-corrected chi connectivity index (χ0v) is 9.76. The van der Waals surface area contributed by atoms with E-state index < -0.39 is 4.92 Å². The van der Waals surface area contributed by atoms with E-state index in [1.165, 1.54) is 10.9 Å². The molecule has 1 aromatic heterocycles. The van der Waals surface area contributed by atoms with Gasteiger partial charge in [-0.05, 0) is 12.8 Å². The monoisotopic (exact) mass is 240 g/mol. The van der Waals surface area contributed by atoms with E-state index in [-0.39, 0.29) is 23.7 Å². The second-order valence-electron chi connectivity index (χ2n) is 4.61. The van der Waals surface area contributed by atoms with Crippen LogP contribution in [-0.4, -0.2) is 26.8 Å². The Hall–Kier alpha value is -1.63. The quantitative estimate of drug-likeness (QED) is 0.625. The van der Waals surface area contributed by atoms with Crippen molar-refractivity contribution in [1.29, 1.82) is 0 Å². The summed E-state index contributed by atoms with van der Waals surface area (Å²) in [6.07, 6.45) is 5.29. The van der Waals surface area contributed by atoms with Gasteiger partial charge in [0.05, 0.1) is 10.5 Å². The van der Waals surface area contributed by atoms with Crippen molar-refractivity contribution in [3.05, 3.63) is 16.3 Å². The maximum absolute atomic E-state index is 10.8. The summed E-state index contributed by atoms with van der Waals surface area (Å²) >= 11 is 0. The van der Waals surface area contributed by atoms with Gasteiger partial charge in [0.1, 0.15) is 12.8 Å². The summed E-state index contributed by atoms with van der Waals surface area (Å²) in [7, 11) is 1.62. The molecule has 0 saturated heterocycles. The molecule has 1 fully saturated rings. The minimum Gasteiger partial charge on any atom is -0.470 e. The van der Waals surface area contributed by atoms with Crippen molar-refractivity contribution in [2.45, 2.75) is 31.2 Å². The second kappa shape index (κ2) is 4.33. The molecule has 2 N–H and O–H groups in total. The normalized spacial score (nSPS) is 18.2. The minimum absolute atomic E-state index is 0.0502. The van der Waals surface area contributed by atoms with Gasteiger partial charge in [-0.1, -0.05) is 12.8 Å². The number of rotatable bonds is 4. The summed E-state index contributed by atoms with van der Waals surface area (Å²) in [6.45, 7) is 0.283. The average molecular weight is 240 g/mol. The van der Waals surface area contributed by atoms with Gasteiger partial charge in [0.2, 0.25) is 0 Å². The van der Waals surface area contributed by atoms with E-state index in [0.717, 1.165) is 25.7 Å². The Kier molecular flexibility index (Phi) is 3.01. The molecule has 0 aliphatic heterocycles. The molecule has 1 aliphatic rings. The first-order chi connectivity index (χ1) is 8.00. The highest BCUT2D eigenvalue weighted by molar-refractivity contribution is 5.38. The molecular formula is C10H16N4O3. The van der Waals surface area contributed by atoms with E-state index >= 15 is 0 Å². The van der Waals surface area contributed by atoms with Crippen LogP contribution in [0.25, 0.3) is 0 Å². The van der Waals surface area contributed by atoms with Crippen LogP contribution in [0.2, 0.25) is 0 Å². The van der Waals surface area contributed by atoms with E-state index in [1.54, 1.807) is 7.05 Å². The Morgan fingerprint density at radius 3 is 2.88 bits per heavy atom.